The highest BCUT2D eigenvalue weighted by Gasteiger charge is 2.24. The normalized spacial score (nSPS) is 12.5. The number of aliphatic hydroxyl groups excluding tert-OH is 1. The van der Waals surface area contributed by atoms with Gasteiger partial charge in [0.05, 0.1) is 18.3 Å². The molecular weight excluding hydrogens is 433 g/mol. The van der Waals surface area contributed by atoms with Crippen LogP contribution in [0.25, 0.3) is 11.3 Å². The van der Waals surface area contributed by atoms with Gasteiger partial charge < -0.3 is 14.6 Å². The Balaban J connectivity index is 1.88. The van der Waals surface area contributed by atoms with Crippen molar-refractivity contribution in [3.05, 3.63) is 66.0 Å². The molecule has 1 aromatic heterocycles. The molecule has 0 fully saturated rings. The lowest BCUT2D eigenvalue weighted by molar-refractivity contribution is 0.00848. The summed E-state index contributed by atoms with van der Waals surface area (Å²) in [6, 6.07) is 16.1. The number of halogens is 1. The number of rotatable bonds is 13. The van der Waals surface area contributed by atoms with Crippen molar-refractivity contribution in [1.29, 1.82) is 0 Å². The summed E-state index contributed by atoms with van der Waals surface area (Å²) in [5, 5.41) is 15.4. The maximum absolute atomic E-state index is 13.4. The van der Waals surface area contributed by atoms with E-state index in [1.807, 2.05) is 37.4 Å². The van der Waals surface area contributed by atoms with Gasteiger partial charge in [-0.05, 0) is 44.5 Å². The molecule has 6 nitrogen and oxygen atoms in total. The van der Waals surface area contributed by atoms with E-state index in [9.17, 15) is 9.50 Å². The van der Waals surface area contributed by atoms with E-state index in [-0.39, 0.29) is 11.9 Å². The maximum atomic E-state index is 13.4. The minimum absolute atomic E-state index is 0.174. The summed E-state index contributed by atoms with van der Waals surface area (Å²) in [5.41, 5.74) is 2.71. The van der Waals surface area contributed by atoms with Crippen LogP contribution in [0.3, 0.4) is 0 Å². The van der Waals surface area contributed by atoms with Gasteiger partial charge in [-0.1, -0.05) is 43.7 Å². The molecule has 3 rings (SSSR count). The second kappa shape index (κ2) is 12.6. The summed E-state index contributed by atoms with van der Waals surface area (Å²) in [6.07, 6.45) is 1.45. The van der Waals surface area contributed by atoms with Gasteiger partial charge in [0, 0.05) is 38.3 Å². The molecule has 184 valence electrons. The van der Waals surface area contributed by atoms with E-state index < -0.39 is 6.10 Å². The van der Waals surface area contributed by atoms with Gasteiger partial charge >= 0.3 is 0 Å². The van der Waals surface area contributed by atoms with Crippen LogP contribution in [0.5, 0.6) is 11.6 Å². The smallest absolute Gasteiger partial charge is 0.222 e. The zero-order chi connectivity index (χ0) is 24.5. The summed E-state index contributed by atoms with van der Waals surface area (Å²) < 4.78 is 26.9. The van der Waals surface area contributed by atoms with Gasteiger partial charge in [-0.15, -0.1) is 0 Å². The van der Waals surface area contributed by atoms with Gasteiger partial charge in [0.15, 0.2) is 0 Å². The van der Waals surface area contributed by atoms with E-state index in [2.05, 4.69) is 25.7 Å². The Morgan fingerprint density at radius 1 is 1.09 bits per heavy atom. The largest absolute Gasteiger partial charge is 0.439 e. The van der Waals surface area contributed by atoms with E-state index in [0.717, 1.165) is 29.7 Å². The van der Waals surface area contributed by atoms with E-state index >= 15 is 0 Å². The van der Waals surface area contributed by atoms with Crippen LogP contribution in [0.2, 0.25) is 0 Å². The zero-order valence-corrected chi connectivity index (χ0v) is 20.6. The fourth-order valence-corrected chi connectivity index (χ4v) is 3.72. The van der Waals surface area contributed by atoms with E-state index in [4.69, 9.17) is 14.6 Å². The topological polar surface area (TPSA) is 59.8 Å². The van der Waals surface area contributed by atoms with Crippen molar-refractivity contribution < 1.29 is 19.0 Å². The van der Waals surface area contributed by atoms with Crippen molar-refractivity contribution in [2.75, 3.05) is 19.8 Å². The average Bonchev–Trinajstić information content (AvgIpc) is 3.13. The molecular formula is C27H36FN3O3. The molecule has 1 N–H and O–H groups in total. The minimum Gasteiger partial charge on any atom is -0.439 e. The molecule has 0 aliphatic carbocycles. The molecule has 3 aromatic rings. The highest BCUT2D eigenvalue weighted by molar-refractivity contribution is 5.65. The number of aliphatic hydroxyl groups is 1. The molecule has 7 heteroatoms. The van der Waals surface area contributed by atoms with Crippen LogP contribution >= 0.6 is 0 Å². The first kappa shape index (κ1) is 25.9. The predicted octanol–water partition coefficient (Wildman–Crippen LogP) is 5.41. The first-order valence-electron chi connectivity index (χ1n) is 11.9. The Bertz CT molecular complexity index is 1010. The number of hydrogen-bond donors (Lipinski definition) is 1. The summed E-state index contributed by atoms with van der Waals surface area (Å²) >= 11 is 0. The predicted molar refractivity (Wildman–Crippen MR) is 132 cm³/mol. The summed E-state index contributed by atoms with van der Waals surface area (Å²) in [6.45, 7) is 8.27. The van der Waals surface area contributed by atoms with Crippen LogP contribution in [0.4, 0.5) is 4.39 Å². The quantitative estimate of drug-likeness (QED) is 0.339. The van der Waals surface area contributed by atoms with Crippen molar-refractivity contribution in [3.8, 4) is 22.9 Å². The Morgan fingerprint density at radius 3 is 2.44 bits per heavy atom. The molecule has 0 amide bonds. The van der Waals surface area contributed by atoms with Crippen molar-refractivity contribution in [2.24, 2.45) is 7.05 Å². The molecule has 0 bridgehead atoms. The molecule has 0 saturated carbocycles. The number of benzene rings is 2. The first-order chi connectivity index (χ1) is 16.4. The van der Waals surface area contributed by atoms with Gasteiger partial charge in [0.25, 0.3) is 0 Å². The number of aryl methyl sites for hydroxylation is 1. The van der Waals surface area contributed by atoms with Crippen LogP contribution < -0.4 is 4.74 Å². The summed E-state index contributed by atoms with van der Waals surface area (Å²) in [7, 11) is 1.84. The maximum Gasteiger partial charge on any atom is 0.222 e. The second-order valence-corrected chi connectivity index (χ2v) is 8.78. The van der Waals surface area contributed by atoms with Crippen LogP contribution in [-0.2, 0) is 18.3 Å². The van der Waals surface area contributed by atoms with E-state index in [1.54, 1.807) is 16.8 Å². The lowest BCUT2D eigenvalue weighted by atomic mass is 10.1. The Labute approximate surface area is 201 Å². The molecule has 0 saturated heterocycles. The first-order valence-corrected chi connectivity index (χ1v) is 11.9. The lowest BCUT2D eigenvalue weighted by Gasteiger charge is -2.29. The van der Waals surface area contributed by atoms with Gasteiger partial charge in [-0.2, -0.15) is 5.10 Å². The van der Waals surface area contributed by atoms with Gasteiger partial charge in [-0.25, -0.2) is 9.07 Å². The number of nitrogens with zero attached hydrogens (tertiary/aromatic N) is 3. The second-order valence-electron chi connectivity index (χ2n) is 8.78. The Morgan fingerprint density at radius 2 is 1.79 bits per heavy atom. The molecule has 2 aromatic carbocycles. The van der Waals surface area contributed by atoms with Crippen molar-refractivity contribution >= 4 is 0 Å². The highest BCUT2D eigenvalue weighted by atomic mass is 19.1. The van der Waals surface area contributed by atoms with E-state index in [0.29, 0.717) is 37.9 Å². The number of ether oxygens (including phenoxy) is 2. The monoisotopic (exact) mass is 469 g/mol. The number of aromatic nitrogens is 2. The molecule has 1 heterocycles. The third-order valence-corrected chi connectivity index (χ3v) is 5.65. The van der Waals surface area contributed by atoms with Crippen LogP contribution in [-0.4, -0.2) is 51.7 Å². The Kier molecular flexibility index (Phi) is 9.62. The number of hydrogen-bond acceptors (Lipinski definition) is 5. The van der Waals surface area contributed by atoms with Gasteiger partial charge in [0.2, 0.25) is 5.88 Å². The lowest BCUT2D eigenvalue weighted by Crippen LogP contribution is -2.39. The average molecular weight is 470 g/mol. The molecule has 1 unspecified atom stereocenters. The fraction of sp³-hybridized carbons (Fsp3) is 0.444. The van der Waals surface area contributed by atoms with Crippen molar-refractivity contribution in [2.45, 2.75) is 52.3 Å². The van der Waals surface area contributed by atoms with Crippen LogP contribution in [0, 0.1) is 5.82 Å². The molecule has 0 radical (unpaired) electrons. The molecule has 34 heavy (non-hydrogen) atoms. The molecule has 0 spiro atoms. The fourth-order valence-electron chi connectivity index (χ4n) is 3.72. The number of unbranched alkanes of at least 4 members (excludes halogenated alkanes) is 1. The highest BCUT2D eigenvalue weighted by Crippen LogP contribution is 2.34. The summed E-state index contributed by atoms with van der Waals surface area (Å²) in [5.74, 6) is 0.805. The third-order valence-electron chi connectivity index (χ3n) is 5.65. The van der Waals surface area contributed by atoms with Crippen LogP contribution in [0.15, 0.2) is 54.6 Å². The van der Waals surface area contributed by atoms with Crippen molar-refractivity contribution in [1.82, 2.24) is 14.7 Å². The zero-order valence-electron chi connectivity index (χ0n) is 20.6. The standard InChI is InChI=1S/C27H36FN3O3/c1-5-6-16-33-19-23(32)17-31(20(2)3)18-25-26(21-10-8-7-9-11-21)29-30(4)27(25)34-24-14-12-22(28)13-15-24/h7-15,20,23,32H,5-6,16-19H2,1-4H3. The SMILES string of the molecule is CCCCOCC(O)CN(Cc1c(-c2ccccc2)nn(C)c1Oc1ccc(F)cc1)C(C)C. The molecule has 0 aliphatic heterocycles. The summed E-state index contributed by atoms with van der Waals surface area (Å²) in [4.78, 5) is 2.19. The third kappa shape index (κ3) is 7.13. The van der Waals surface area contributed by atoms with Crippen LogP contribution in [0.1, 0.15) is 39.2 Å². The Hall–Kier alpha value is -2.74. The molecule has 1 atom stereocenters. The van der Waals surface area contributed by atoms with Gasteiger partial charge in [-0.3, -0.25) is 4.90 Å². The van der Waals surface area contributed by atoms with E-state index in [1.165, 1.54) is 12.1 Å². The van der Waals surface area contributed by atoms with Gasteiger partial charge in [0.1, 0.15) is 17.3 Å². The minimum atomic E-state index is -0.599. The molecule has 0 aliphatic rings. The van der Waals surface area contributed by atoms with Crippen molar-refractivity contribution in [3.63, 3.8) is 0 Å².